The molecule has 29 heavy (non-hydrogen) atoms. The first-order chi connectivity index (χ1) is 13.8. The quantitative estimate of drug-likeness (QED) is 0.502. The van der Waals surface area contributed by atoms with Crippen LogP contribution in [-0.2, 0) is 4.79 Å². The van der Waals surface area contributed by atoms with Gasteiger partial charge in [-0.05, 0) is 37.6 Å². The Balaban J connectivity index is 2.37. The largest absolute Gasteiger partial charge is 0.550 e. The molecule has 0 aliphatic rings. The molecule has 1 atom stereocenters. The minimum Gasteiger partial charge on any atom is -0.550 e. The van der Waals surface area contributed by atoms with Crippen molar-refractivity contribution in [3.63, 3.8) is 0 Å². The maximum absolute atomic E-state index is 12.7. The van der Waals surface area contributed by atoms with E-state index < -0.39 is 29.3 Å². The van der Waals surface area contributed by atoms with Crippen molar-refractivity contribution < 1.29 is 29.1 Å². The third-order valence-electron chi connectivity index (χ3n) is 4.31. The molecule has 0 aliphatic heterocycles. The van der Waals surface area contributed by atoms with Gasteiger partial charge in [0, 0.05) is 29.6 Å². The number of amides is 1. The number of carbonyl (C=O) groups excluding carboxylic acids is 2. The number of hydrogen-bond acceptors (Lipinski definition) is 7. The molecule has 9 heteroatoms. The van der Waals surface area contributed by atoms with Crippen molar-refractivity contribution >= 4 is 17.6 Å². The molecule has 0 radical (unpaired) electrons. The van der Waals surface area contributed by atoms with Crippen LogP contribution in [0.3, 0.4) is 0 Å². The molecule has 2 rings (SSSR count). The van der Waals surface area contributed by atoms with Crippen molar-refractivity contribution in [2.24, 2.45) is 0 Å². The molecular weight excluding hydrogens is 380 g/mol. The minimum atomic E-state index is -1.36. The van der Waals surface area contributed by atoms with Crippen LogP contribution in [0.1, 0.15) is 40.9 Å². The summed E-state index contributed by atoms with van der Waals surface area (Å²) in [4.78, 5) is 34.5. The Bertz CT molecular complexity index is 927. The van der Waals surface area contributed by atoms with Crippen molar-refractivity contribution in [3.8, 4) is 11.5 Å². The number of carbonyl (C=O) groups is 2. The average molecular weight is 401 g/mol. The summed E-state index contributed by atoms with van der Waals surface area (Å²) in [5.74, 6) is -1.13. The number of aliphatic carboxylic acids is 1. The van der Waals surface area contributed by atoms with Gasteiger partial charge in [0.05, 0.1) is 24.7 Å². The van der Waals surface area contributed by atoms with Gasteiger partial charge in [-0.2, -0.15) is 0 Å². The number of hydrogen-bond donors (Lipinski definition) is 1. The molecule has 0 aliphatic carbocycles. The third kappa shape index (κ3) is 5.22. The second kappa shape index (κ2) is 9.54. The van der Waals surface area contributed by atoms with Gasteiger partial charge in [0.2, 0.25) is 0 Å². The van der Waals surface area contributed by atoms with Crippen LogP contribution in [-0.4, -0.2) is 30.5 Å². The zero-order valence-electron chi connectivity index (χ0n) is 16.3. The Morgan fingerprint density at radius 3 is 2.52 bits per heavy atom. The Kier molecular flexibility index (Phi) is 7.13. The van der Waals surface area contributed by atoms with Crippen LogP contribution < -0.4 is 19.9 Å². The number of nitro groups is 1. The molecular formula is C20H21N2O7-. The van der Waals surface area contributed by atoms with Gasteiger partial charge >= 0.3 is 0 Å². The number of ether oxygens (including phenoxy) is 2. The molecule has 1 N–H and O–H groups in total. The zero-order valence-corrected chi connectivity index (χ0v) is 16.3. The van der Waals surface area contributed by atoms with Gasteiger partial charge in [-0.25, -0.2) is 0 Å². The van der Waals surface area contributed by atoms with Crippen molar-refractivity contribution in [2.45, 2.75) is 26.3 Å². The van der Waals surface area contributed by atoms with Crippen LogP contribution in [0.4, 0.5) is 5.69 Å². The third-order valence-corrected chi connectivity index (χ3v) is 4.31. The molecule has 1 amide bonds. The van der Waals surface area contributed by atoms with E-state index in [0.717, 1.165) is 0 Å². The summed E-state index contributed by atoms with van der Waals surface area (Å²) in [6, 6.07) is 7.99. The highest BCUT2D eigenvalue weighted by Crippen LogP contribution is 2.31. The van der Waals surface area contributed by atoms with Gasteiger partial charge < -0.3 is 24.7 Å². The van der Waals surface area contributed by atoms with Crippen LogP contribution >= 0.6 is 0 Å². The average Bonchev–Trinajstić information content (AvgIpc) is 2.67. The highest BCUT2D eigenvalue weighted by Gasteiger charge is 2.22. The normalized spacial score (nSPS) is 11.4. The van der Waals surface area contributed by atoms with Crippen LogP contribution in [0.15, 0.2) is 36.4 Å². The van der Waals surface area contributed by atoms with Gasteiger partial charge in [0.1, 0.15) is 0 Å². The number of nitro benzene ring substituents is 1. The predicted octanol–water partition coefficient (Wildman–Crippen LogP) is 1.92. The first-order valence-corrected chi connectivity index (χ1v) is 8.83. The predicted molar refractivity (Wildman–Crippen MR) is 102 cm³/mol. The second-order valence-corrected chi connectivity index (χ2v) is 6.15. The second-order valence-electron chi connectivity index (χ2n) is 6.15. The molecule has 154 valence electrons. The van der Waals surface area contributed by atoms with Gasteiger partial charge in [-0.15, -0.1) is 0 Å². The SMILES string of the molecule is CCOc1ccc([C@@H](CC(=O)[O-])NC(=O)c2cccc([N+](=O)[O-])c2C)cc1OC. The van der Waals surface area contributed by atoms with E-state index in [2.05, 4.69) is 5.32 Å². The lowest BCUT2D eigenvalue weighted by Crippen LogP contribution is -2.34. The van der Waals surface area contributed by atoms with E-state index in [1.54, 1.807) is 18.2 Å². The van der Waals surface area contributed by atoms with Crippen LogP contribution in [0.5, 0.6) is 11.5 Å². The summed E-state index contributed by atoms with van der Waals surface area (Å²) in [5.41, 5.74) is 0.537. The lowest BCUT2D eigenvalue weighted by Gasteiger charge is -2.21. The number of carboxylic acids is 1. The molecule has 0 spiro atoms. The van der Waals surface area contributed by atoms with Crippen molar-refractivity contribution in [1.82, 2.24) is 5.32 Å². The van der Waals surface area contributed by atoms with Gasteiger partial charge in [-0.1, -0.05) is 12.1 Å². The number of nitrogens with one attached hydrogen (secondary N) is 1. The molecule has 2 aromatic carbocycles. The maximum atomic E-state index is 12.7. The maximum Gasteiger partial charge on any atom is 0.273 e. The molecule has 0 saturated carbocycles. The Morgan fingerprint density at radius 2 is 1.93 bits per heavy atom. The Labute approximate surface area is 167 Å². The molecule has 2 aromatic rings. The summed E-state index contributed by atoms with van der Waals surface area (Å²) in [6.07, 6.45) is -0.489. The molecule has 0 unspecified atom stereocenters. The van der Waals surface area contributed by atoms with Crippen molar-refractivity contribution in [3.05, 3.63) is 63.2 Å². The van der Waals surface area contributed by atoms with Crippen molar-refractivity contribution in [2.75, 3.05) is 13.7 Å². The molecule has 0 heterocycles. The lowest BCUT2D eigenvalue weighted by atomic mass is 10.0. The van der Waals surface area contributed by atoms with Crippen molar-refractivity contribution in [1.29, 1.82) is 0 Å². The highest BCUT2D eigenvalue weighted by molar-refractivity contribution is 5.97. The van der Waals surface area contributed by atoms with E-state index in [1.165, 1.54) is 32.2 Å². The number of benzene rings is 2. The first kappa shape index (κ1) is 21.7. The van der Waals surface area contributed by atoms with E-state index in [1.807, 2.05) is 6.92 Å². The van der Waals surface area contributed by atoms with E-state index in [0.29, 0.717) is 23.7 Å². The van der Waals surface area contributed by atoms with E-state index in [9.17, 15) is 24.8 Å². The summed E-state index contributed by atoms with van der Waals surface area (Å²) < 4.78 is 10.7. The fourth-order valence-electron chi connectivity index (χ4n) is 2.90. The smallest absolute Gasteiger partial charge is 0.273 e. The van der Waals surface area contributed by atoms with Gasteiger partial charge in [0.25, 0.3) is 11.6 Å². The lowest BCUT2D eigenvalue weighted by molar-refractivity contribution is -0.385. The van der Waals surface area contributed by atoms with Crippen LogP contribution in [0.2, 0.25) is 0 Å². The molecule has 0 bridgehead atoms. The number of rotatable bonds is 9. The van der Waals surface area contributed by atoms with E-state index >= 15 is 0 Å². The van der Waals surface area contributed by atoms with E-state index in [4.69, 9.17) is 9.47 Å². The fourth-order valence-corrected chi connectivity index (χ4v) is 2.90. The highest BCUT2D eigenvalue weighted by atomic mass is 16.6. The monoisotopic (exact) mass is 401 g/mol. The summed E-state index contributed by atoms with van der Waals surface area (Å²) in [7, 11) is 1.44. The van der Waals surface area contributed by atoms with Gasteiger partial charge in [-0.3, -0.25) is 14.9 Å². The first-order valence-electron chi connectivity index (χ1n) is 8.83. The van der Waals surface area contributed by atoms with Crippen LogP contribution in [0.25, 0.3) is 0 Å². The topological polar surface area (TPSA) is 131 Å². The fraction of sp³-hybridized carbons (Fsp3) is 0.300. The van der Waals surface area contributed by atoms with Crippen LogP contribution in [0, 0.1) is 17.0 Å². The molecule has 0 aromatic heterocycles. The Hall–Kier alpha value is -3.62. The molecule has 9 nitrogen and oxygen atoms in total. The summed E-state index contributed by atoms with van der Waals surface area (Å²) in [5, 5.41) is 24.9. The molecule has 0 fully saturated rings. The molecule has 0 saturated heterocycles. The number of carboxylic acid groups (broad SMARTS) is 1. The number of methoxy groups -OCH3 is 1. The van der Waals surface area contributed by atoms with Gasteiger partial charge in [0.15, 0.2) is 11.5 Å². The van der Waals surface area contributed by atoms with E-state index in [-0.39, 0.29) is 16.8 Å². The zero-order chi connectivity index (χ0) is 21.6. The Morgan fingerprint density at radius 1 is 1.21 bits per heavy atom. The summed E-state index contributed by atoms with van der Waals surface area (Å²) >= 11 is 0. The standard InChI is InChI=1S/C20H22N2O7/c1-4-29-17-9-8-13(10-18(17)28-3)15(11-19(23)24)21-20(25)14-6-5-7-16(12(14)2)22(26)27/h5-10,15H,4,11H2,1-3H3,(H,21,25)(H,23,24)/p-1/t15-/m1/s1. The minimum absolute atomic E-state index is 0.0837. The summed E-state index contributed by atoms with van der Waals surface area (Å²) in [6.45, 7) is 3.69. The number of nitrogens with zero attached hydrogens (tertiary/aromatic N) is 1.